The number of rotatable bonds is 3. The van der Waals surface area contributed by atoms with E-state index in [1.165, 1.54) is 0 Å². The lowest BCUT2D eigenvalue weighted by molar-refractivity contribution is 0.101. The smallest absolute Gasteiger partial charge is 0.183 e. The molecule has 0 saturated heterocycles. The van der Waals surface area contributed by atoms with Crippen molar-refractivity contribution in [1.82, 2.24) is 20.3 Å². The highest BCUT2D eigenvalue weighted by Gasteiger charge is 2.10. The highest BCUT2D eigenvalue weighted by molar-refractivity contribution is 7.80. The zero-order valence-corrected chi connectivity index (χ0v) is 10.1. The molecular weight excluding hydrogens is 208 g/mol. The molecule has 0 radical (unpaired) electrons. The maximum absolute atomic E-state index is 5.20. The second kappa shape index (κ2) is 5.63. The van der Waals surface area contributed by atoms with Crippen molar-refractivity contribution >= 4 is 17.3 Å². The Morgan fingerprint density at radius 3 is 2.73 bits per heavy atom. The summed E-state index contributed by atoms with van der Waals surface area (Å²) >= 11 is 5.20. The number of hydrogen-bond donors (Lipinski definition) is 1. The molecule has 0 aliphatic rings. The van der Waals surface area contributed by atoms with Gasteiger partial charge in [-0.2, -0.15) is 0 Å². The Kier molecular flexibility index (Phi) is 4.45. The molecule has 0 amide bonds. The standard InChI is InChI=1S/C10H16N4S/c1-11-10(15)14(13(2)3)8-9-5-4-6-12-7-9/h4-7H,8H2,1-3H3,(H,11,15). The van der Waals surface area contributed by atoms with Crippen molar-refractivity contribution in [3.63, 3.8) is 0 Å². The molecule has 1 aromatic heterocycles. The highest BCUT2D eigenvalue weighted by Crippen LogP contribution is 2.04. The molecule has 82 valence electrons. The fourth-order valence-corrected chi connectivity index (χ4v) is 1.42. The maximum atomic E-state index is 5.20. The molecule has 1 aromatic rings. The number of nitrogens with one attached hydrogen (secondary N) is 1. The molecule has 0 fully saturated rings. The molecule has 15 heavy (non-hydrogen) atoms. The number of hydrazine groups is 1. The van der Waals surface area contributed by atoms with Crippen molar-refractivity contribution in [2.45, 2.75) is 6.54 Å². The molecule has 5 heteroatoms. The molecule has 1 N–H and O–H groups in total. The van der Waals surface area contributed by atoms with Crippen LogP contribution in [0.2, 0.25) is 0 Å². The van der Waals surface area contributed by atoms with Crippen molar-refractivity contribution in [1.29, 1.82) is 0 Å². The first kappa shape index (κ1) is 11.9. The molecule has 0 spiro atoms. The van der Waals surface area contributed by atoms with E-state index in [-0.39, 0.29) is 0 Å². The van der Waals surface area contributed by atoms with Crippen molar-refractivity contribution < 1.29 is 0 Å². The molecule has 0 aromatic carbocycles. The Labute approximate surface area is 95.9 Å². The summed E-state index contributed by atoms with van der Waals surface area (Å²) in [4.78, 5) is 4.07. The van der Waals surface area contributed by atoms with Crippen LogP contribution in [0.4, 0.5) is 0 Å². The number of nitrogens with zero attached hydrogens (tertiary/aromatic N) is 3. The van der Waals surface area contributed by atoms with Crippen LogP contribution in [-0.2, 0) is 6.54 Å². The molecule has 0 aliphatic carbocycles. The zero-order valence-electron chi connectivity index (χ0n) is 9.27. The number of pyridine rings is 1. The van der Waals surface area contributed by atoms with Gasteiger partial charge in [-0.25, -0.2) is 5.01 Å². The molecule has 0 aliphatic heterocycles. The van der Waals surface area contributed by atoms with Gasteiger partial charge in [0.25, 0.3) is 0 Å². The summed E-state index contributed by atoms with van der Waals surface area (Å²) < 4.78 is 0. The van der Waals surface area contributed by atoms with Gasteiger partial charge in [0.05, 0.1) is 6.54 Å². The Morgan fingerprint density at radius 1 is 1.53 bits per heavy atom. The Hall–Kier alpha value is -1.20. The number of aromatic nitrogens is 1. The summed E-state index contributed by atoms with van der Waals surface area (Å²) in [6.45, 7) is 0.723. The van der Waals surface area contributed by atoms with E-state index in [4.69, 9.17) is 12.2 Å². The van der Waals surface area contributed by atoms with Crippen LogP contribution in [0, 0.1) is 0 Å². The van der Waals surface area contributed by atoms with Crippen LogP contribution in [0.5, 0.6) is 0 Å². The van der Waals surface area contributed by atoms with Gasteiger partial charge in [0.1, 0.15) is 0 Å². The largest absolute Gasteiger partial charge is 0.365 e. The van der Waals surface area contributed by atoms with Gasteiger partial charge in [0.2, 0.25) is 0 Å². The van der Waals surface area contributed by atoms with Gasteiger partial charge in [-0.3, -0.25) is 9.99 Å². The fraction of sp³-hybridized carbons (Fsp3) is 0.400. The first-order valence-electron chi connectivity index (χ1n) is 4.70. The first-order chi connectivity index (χ1) is 7.15. The lowest BCUT2D eigenvalue weighted by atomic mass is 10.3. The van der Waals surface area contributed by atoms with Crippen LogP contribution in [0.1, 0.15) is 5.56 Å². The average Bonchev–Trinajstić information content (AvgIpc) is 2.26. The van der Waals surface area contributed by atoms with E-state index in [9.17, 15) is 0 Å². The van der Waals surface area contributed by atoms with Gasteiger partial charge in [-0.1, -0.05) is 6.07 Å². The first-order valence-corrected chi connectivity index (χ1v) is 5.11. The van der Waals surface area contributed by atoms with Gasteiger partial charge in [0, 0.05) is 33.5 Å². The van der Waals surface area contributed by atoms with Crippen molar-refractivity contribution in [3.8, 4) is 0 Å². The summed E-state index contributed by atoms with van der Waals surface area (Å²) in [5.74, 6) is 0. The van der Waals surface area contributed by atoms with Crippen molar-refractivity contribution in [2.24, 2.45) is 0 Å². The third-order valence-corrected chi connectivity index (χ3v) is 2.40. The molecule has 0 unspecified atom stereocenters. The summed E-state index contributed by atoms with van der Waals surface area (Å²) in [5, 5.41) is 7.57. The van der Waals surface area contributed by atoms with E-state index in [0.29, 0.717) is 5.11 Å². The van der Waals surface area contributed by atoms with E-state index in [0.717, 1.165) is 12.1 Å². The molecule has 0 saturated carbocycles. The van der Waals surface area contributed by atoms with E-state index < -0.39 is 0 Å². The van der Waals surface area contributed by atoms with Crippen molar-refractivity contribution in [2.75, 3.05) is 21.1 Å². The molecule has 1 rings (SSSR count). The van der Waals surface area contributed by atoms with Crippen LogP contribution >= 0.6 is 12.2 Å². The molecule has 1 heterocycles. The van der Waals surface area contributed by atoms with Crippen LogP contribution in [-0.4, -0.2) is 41.3 Å². The van der Waals surface area contributed by atoms with E-state index >= 15 is 0 Å². The van der Waals surface area contributed by atoms with E-state index in [2.05, 4.69) is 10.3 Å². The van der Waals surface area contributed by atoms with Gasteiger partial charge >= 0.3 is 0 Å². The predicted octanol–water partition coefficient (Wildman–Crippen LogP) is 0.865. The second-order valence-electron chi connectivity index (χ2n) is 3.32. The highest BCUT2D eigenvalue weighted by atomic mass is 32.1. The zero-order chi connectivity index (χ0) is 11.3. The second-order valence-corrected chi connectivity index (χ2v) is 3.71. The topological polar surface area (TPSA) is 31.4 Å². The molecular formula is C10H16N4S. The van der Waals surface area contributed by atoms with Crippen molar-refractivity contribution in [3.05, 3.63) is 30.1 Å². The van der Waals surface area contributed by atoms with Gasteiger partial charge in [-0.05, 0) is 23.8 Å². The quantitative estimate of drug-likeness (QED) is 0.608. The monoisotopic (exact) mass is 224 g/mol. The summed E-state index contributed by atoms with van der Waals surface area (Å²) in [5.41, 5.74) is 1.13. The van der Waals surface area contributed by atoms with Gasteiger partial charge in [-0.15, -0.1) is 0 Å². The van der Waals surface area contributed by atoms with Crippen LogP contribution in [0.15, 0.2) is 24.5 Å². The SMILES string of the molecule is CNC(=S)N(Cc1cccnc1)N(C)C. The third-order valence-electron chi connectivity index (χ3n) is 1.99. The average molecular weight is 224 g/mol. The Balaban J connectivity index is 2.72. The summed E-state index contributed by atoms with van der Waals surface area (Å²) in [7, 11) is 5.74. The summed E-state index contributed by atoms with van der Waals surface area (Å²) in [6, 6.07) is 3.95. The van der Waals surface area contributed by atoms with E-state index in [1.807, 2.05) is 49.5 Å². The van der Waals surface area contributed by atoms with Gasteiger partial charge < -0.3 is 5.32 Å². The van der Waals surface area contributed by atoms with Crippen LogP contribution in [0.25, 0.3) is 0 Å². The Bertz CT molecular complexity index is 312. The molecule has 0 bridgehead atoms. The van der Waals surface area contributed by atoms with Gasteiger partial charge in [0.15, 0.2) is 5.11 Å². The predicted molar refractivity (Wildman–Crippen MR) is 65.1 cm³/mol. The minimum absolute atomic E-state index is 0.698. The lowest BCUT2D eigenvalue weighted by Crippen LogP contribution is -2.45. The number of thiocarbonyl (C=S) groups is 1. The minimum atomic E-state index is 0.698. The minimum Gasteiger partial charge on any atom is -0.365 e. The normalized spacial score (nSPS) is 10.1. The van der Waals surface area contributed by atoms with E-state index in [1.54, 1.807) is 6.20 Å². The maximum Gasteiger partial charge on any atom is 0.183 e. The number of hydrogen-bond acceptors (Lipinski definition) is 3. The molecule has 4 nitrogen and oxygen atoms in total. The third kappa shape index (κ3) is 3.45. The van der Waals surface area contributed by atoms with Crippen LogP contribution in [0.3, 0.4) is 0 Å². The fourth-order valence-electron chi connectivity index (χ4n) is 1.19. The lowest BCUT2D eigenvalue weighted by Gasteiger charge is -2.30. The summed E-state index contributed by atoms with van der Waals surface area (Å²) in [6.07, 6.45) is 3.61. The molecule has 0 atom stereocenters. The van der Waals surface area contributed by atoms with Crippen LogP contribution < -0.4 is 5.32 Å². The Morgan fingerprint density at radius 2 is 2.27 bits per heavy atom.